The van der Waals surface area contributed by atoms with Crippen LogP contribution in [0, 0.1) is 11.3 Å². The zero-order valence-corrected chi connectivity index (χ0v) is 18.8. The van der Waals surface area contributed by atoms with Crippen molar-refractivity contribution in [3.63, 3.8) is 0 Å². The highest BCUT2D eigenvalue weighted by Crippen LogP contribution is 2.27. The number of nitriles is 1. The summed E-state index contributed by atoms with van der Waals surface area (Å²) in [5.41, 5.74) is 5.00. The van der Waals surface area contributed by atoms with E-state index < -0.39 is 17.9 Å². The standard InChI is InChI=1S/C25H25N5O4/c1-30-21-11-16(5-6-22(21)34-25(30)32)15-3-4-17-9-18(28-20(17)10-15)12-19(13-26)29-24(31)23-14-27-7-2-8-33-23/h3-6,9-11,19,23,27-28H,2,7-8,12,14H2,1H3,(H,29,31). The lowest BCUT2D eigenvalue weighted by molar-refractivity contribution is -0.132. The molecule has 9 heteroatoms. The Morgan fingerprint density at radius 3 is 2.94 bits per heavy atom. The summed E-state index contributed by atoms with van der Waals surface area (Å²) in [5, 5.41) is 16.6. The van der Waals surface area contributed by atoms with E-state index in [0.29, 0.717) is 25.2 Å². The normalized spacial score (nSPS) is 17.4. The Morgan fingerprint density at radius 1 is 1.26 bits per heavy atom. The van der Waals surface area contributed by atoms with Crippen molar-refractivity contribution in [3.8, 4) is 17.2 Å². The van der Waals surface area contributed by atoms with E-state index in [9.17, 15) is 14.9 Å². The van der Waals surface area contributed by atoms with Gasteiger partial charge in [-0.1, -0.05) is 18.2 Å². The molecule has 5 rings (SSSR count). The molecule has 9 nitrogen and oxygen atoms in total. The van der Waals surface area contributed by atoms with Crippen LogP contribution in [0.4, 0.5) is 0 Å². The van der Waals surface area contributed by atoms with Crippen molar-refractivity contribution in [1.82, 2.24) is 20.2 Å². The van der Waals surface area contributed by atoms with Crippen molar-refractivity contribution in [2.75, 3.05) is 19.7 Å². The van der Waals surface area contributed by atoms with E-state index in [0.717, 1.165) is 46.2 Å². The maximum absolute atomic E-state index is 12.5. The summed E-state index contributed by atoms with van der Waals surface area (Å²) in [5.74, 6) is -0.666. The van der Waals surface area contributed by atoms with Gasteiger partial charge in [0.15, 0.2) is 5.58 Å². The maximum atomic E-state index is 12.5. The number of carbonyl (C=O) groups is 1. The van der Waals surface area contributed by atoms with Gasteiger partial charge in [-0.15, -0.1) is 0 Å². The molecule has 1 fully saturated rings. The van der Waals surface area contributed by atoms with E-state index in [-0.39, 0.29) is 5.91 Å². The molecule has 1 aliphatic heterocycles. The van der Waals surface area contributed by atoms with Crippen molar-refractivity contribution >= 4 is 27.9 Å². The highest BCUT2D eigenvalue weighted by Gasteiger charge is 2.23. The van der Waals surface area contributed by atoms with Crippen LogP contribution in [0.25, 0.3) is 33.1 Å². The van der Waals surface area contributed by atoms with Gasteiger partial charge in [-0.2, -0.15) is 5.26 Å². The average molecular weight is 460 g/mol. The average Bonchev–Trinajstić information content (AvgIpc) is 3.22. The number of hydrogen-bond acceptors (Lipinski definition) is 6. The monoisotopic (exact) mass is 459 g/mol. The van der Waals surface area contributed by atoms with Gasteiger partial charge >= 0.3 is 5.76 Å². The van der Waals surface area contributed by atoms with Crippen LogP contribution in [0.5, 0.6) is 0 Å². The third-order valence-electron chi connectivity index (χ3n) is 6.14. The summed E-state index contributed by atoms with van der Waals surface area (Å²) in [6.07, 6.45) is 0.627. The van der Waals surface area contributed by atoms with Gasteiger partial charge in [0.05, 0.1) is 11.6 Å². The van der Waals surface area contributed by atoms with Crippen molar-refractivity contribution in [2.24, 2.45) is 7.05 Å². The number of ether oxygens (including phenoxy) is 1. The molecule has 174 valence electrons. The topological polar surface area (TPSA) is 125 Å². The number of aromatic amines is 1. The largest absolute Gasteiger partial charge is 0.419 e. The van der Waals surface area contributed by atoms with E-state index in [2.05, 4.69) is 21.7 Å². The Balaban J connectivity index is 1.34. The molecule has 2 atom stereocenters. The van der Waals surface area contributed by atoms with Gasteiger partial charge < -0.3 is 24.8 Å². The molecule has 2 aromatic heterocycles. The highest BCUT2D eigenvalue weighted by molar-refractivity contribution is 5.88. The minimum Gasteiger partial charge on any atom is -0.408 e. The van der Waals surface area contributed by atoms with Crippen LogP contribution in [0.15, 0.2) is 51.7 Å². The third kappa shape index (κ3) is 4.33. The molecule has 1 aliphatic rings. The van der Waals surface area contributed by atoms with Crippen LogP contribution in [0.2, 0.25) is 0 Å². The predicted molar refractivity (Wildman–Crippen MR) is 127 cm³/mol. The predicted octanol–water partition coefficient (Wildman–Crippen LogP) is 2.21. The number of aryl methyl sites for hydroxylation is 1. The van der Waals surface area contributed by atoms with Gasteiger partial charge in [0.1, 0.15) is 12.1 Å². The van der Waals surface area contributed by atoms with Crippen LogP contribution >= 0.6 is 0 Å². The van der Waals surface area contributed by atoms with Crippen LogP contribution in [-0.2, 0) is 23.0 Å². The molecular formula is C25H25N5O4. The third-order valence-corrected chi connectivity index (χ3v) is 6.14. The van der Waals surface area contributed by atoms with Gasteiger partial charge in [-0.3, -0.25) is 9.36 Å². The zero-order chi connectivity index (χ0) is 23.7. The van der Waals surface area contributed by atoms with Crippen LogP contribution in [0.3, 0.4) is 0 Å². The number of amides is 1. The molecule has 0 spiro atoms. The second-order valence-corrected chi connectivity index (χ2v) is 8.52. The molecule has 34 heavy (non-hydrogen) atoms. The fourth-order valence-electron chi connectivity index (χ4n) is 4.28. The molecule has 4 aromatic rings. The molecule has 2 unspecified atom stereocenters. The van der Waals surface area contributed by atoms with E-state index in [4.69, 9.17) is 9.15 Å². The maximum Gasteiger partial charge on any atom is 0.419 e. The van der Waals surface area contributed by atoms with Gasteiger partial charge in [0.25, 0.3) is 5.91 Å². The van der Waals surface area contributed by atoms with Crippen molar-refractivity contribution in [2.45, 2.75) is 25.0 Å². The first-order chi connectivity index (χ1) is 16.5. The van der Waals surface area contributed by atoms with E-state index in [1.165, 1.54) is 4.57 Å². The Morgan fingerprint density at radius 2 is 2.09 bits per heavy atom. The number of nitrogens with zero attached hydrogens (tertiary/aromatic N) is 2. The second kappa shape index (κ2) is 9.17. The summed E-state index contributed by atoms with van der Waals surface area (Å²) < 4.78 is 12.3. The Hall–Kier alpha value is -3.87. The first-order valence-electron chi connectivity index (χ1n) is 11.3. The van der Waals surface area contributed by atoms with Crippen LogP contribution in [0.1, 0.15) is 12.1 Å². The number of H-pyrrole nitrogens is 1. The number of oxazole rings is 1. The van der Waals surface area contributed by atoms with Crippen molar-refractivity contribution in [1.29, 1.82) is 5.26 Å². The molecule has 0 aliphatic carbocycles. The Bertz CT molecular complexity index is 1450. The van der Waals surface area contributed by atoms with E-state index >= 15 is 0 Å². The minimum absolute atomic E-state index is 0.275. The fraction of sp³-hybridized carbons (Fsp3) is 0.320. The number of aromatic nitrogens is 2. The summed E-state index contributed by atoms with van der Waals surface area (Å²) >= 11 is 0. The lowest BCUT2D eigenvalue weighted by Gasteiger charge is -2.17. The molecule has 2 aromatic carbocycles. The number of carbonyl (C=O) groups excluding carboxylic acids is 1. The Labute approximate surface area is 195 Å². The van der Waals surface area contributed by atoms with E-state index in [1.807, 2.05) is 36.4 Å². The molecule has 1 saturated heterocycles. The first-order valence-corrected chi connectivity index (χ1v) is 11.3. The first kappa shape index (κ1) is 21.9. The quantitative estimate of drug-likeness (QED) is 0.420. The molecular weight excluding hydrogens is 434 g/mol. The summed E-state index contributed by atoms with van der Waals surface area (Å²) in [4.78, 5) is 27.7. The highest BCUT2D eigenvalue weighted by atomic mass is 16.5. The van der Waals surface area contributed by atoms with Gasteiger partial charge in [-0.25, -0.2) is 4.79 Å². The second-order valence-electron chi connectivity index (χ2n) is 8.52. The lowest BCUT2D eigenvalue weighted by Crippen LogP contribution is -2.46. The molecule has 0 saturated carbocycles. The van der Waals surface area contributed by atoms with Gasteiger partial charge in [-0.05, 0) is 53.7 Å². The van der Waals surface area contributed by atoms with Gasteiger partial charge in [0, 0.05) is 37.8 Å². The molecule has 3 N–H and O–H groups in total. The van der Waals surface area contributed by atoms with E-state index in [1.54, 1.807) is 13.1 Å². The van der Waals surface area contributed by atoms with Gasteiger partial charge in [0.2, 0.25) is 0 Å². The number of hydrogen-bond donors (Lipinski definition) is 3. The fourth-order valence-corrected chi connectivity index (χ4v) is 4.28. The minimum atomic E-state index is -0.670. The number of nitrogens with one attached hydrogen (secondary N) is 3. The van der Waals surface area contributed by atoms with Crippen molar-refractivity contribution in [3.05, 3.63) is 58.7 Å². The number of fused-ring (bicyclic) bond motifs is 2. The van der Waals surface area contributed by atoms with Crippen molar-refractivity contribution < 1.29 is 13.9 Å². The lowest BCUT2D eigenvalue weighted by atomic mass is 10.0. The summed E-state index contributed by atoms with van der Waals surface area (Å²) in [6.45, 7) is 1.78. The SMILES string of the molecule is Cn1c(=O)oc2ccc(-c3ccc4cc(CC(C#N)NC(=O)C5CNCCCO5)[nH]c4c3)cc21. The molecule has 1 amide bonds. The molecule has 0 bridgehead atoms. The van der Waals surface area contributed by atoms with Crippen LogP contribution in [-0.4, -0.2) is 47.3 Å². The number of benzene rings is 2. The molecule has 0 radical (unpaired) electrons. The summed E-state index contributed by atoms with van der Waals surface area (Å²) in [6, 6.07) is 15.2. The summed E-state index contributed by atoms with van der Waals surface area (Å²) in [7, 11) is 1.68. The zero-order valence-electron chi connectivity index (χ0n) is 18.8. The van der Waals surface area contributed by atoms with Crippen LogP contribution < -0.4 is 16.4 Å². The smallest absolute Gasteiger partial charge is 0.408 e. The number of rotatable bonds is 5. The molecule has 3 heterocycles. The Kier molecular flexibility index (Phi) is 5.92.